The number of benzene rings is 1. The smallest absolute Gasteiger partial charge is 0.263 e. The molecule has 0 aliphatic heterocycles. The molecule has 8 heteroatoms. The number of rotatable bonds is 4. The van der Waals surface area contributed by atoms with Crippen LogP contribution in [0.5, 0.6) is 0 Å². The highest BCUT2D eigenvalue weighted by molar-refractivity contribution is 7.92. The summed E-state index contributed by atoms with van der Waals surface area (Å²) in [5, 5.41) is 9.26. The van der Waals surface area contributed by atoms with Crippen LogP contribution in [0.1, 0.15) is 5.56 Å². The fourth-order valence-corrected chi connectivity index (χ4v) is 3.53. The molecule has 0 unspecified atom stereocenters. The molecular weight excluding hydrogens is 323 g/mol. The summed E-state index contributed by atoms with van der Waals surface area (Å²) >= 11 is 11.8. The Morgan fingerprint density at radius 3 is 2.65 bits per heavy atom. The molecule has 0 radical (unpaired) electrons. The lowest BCUT2D eigenvalue weighted by atomic mass is 10.2. The van der Waals surface area contributed by atoms with E-state index in [9.17, 15) is 8.42 Å². The number of anilines is 1. The number of nitrogens with zero attached hydrogens (tertiary/aromatic N) is 1. The molecular formula is C12H10Cl2N2O3S. The highest BCUT2D eigenvalue weighted by Gasteiger charge is 2.21. The third kappa shape index (κ3) is 3.21. The molecule has 0 bridgehead atoms. The molecule has 2 N–H and O–H groups in total. The van der Waals surface area contributed by atoms with Crippen LogP contribution in [0, 0.1) is 0 Å². The number of hydrogen-bond acceptors (Lipinski definition) is 4. The van der Waals surface area contributed by atoms with Gasteiger partial charge in [0.25, 0.3) is 10.0 Å². The van der Waals surface area contributed by atoms with Gasteiger partial charge in [-0.3, -0.25) is 9.71 Å². The van der Waals surface area contributed by atoms with Crippen LogP contribution in [-0.2, 0) is 16.6 Å². The monoisotopic (exact) mass is 332 g/mol. The van der Waals surface area contributed by atoms with Gasteiger partial charge in [0.15, 0.2) is 0 Å². The second-order valence-corrected chi connectivity index (χ2v) is 6.35. The van der Waals surface area contributed by atoms with E-state index >= 15 is 0 Å². The predicted molar refractivity (Wildman–Crippen MR) is 77.4 cm³/mol. The van der Waals surface area contributed by atoms with Crippen LogP contribution in [-0.4, -0.2) is 18.5 Å². The molecule has 0 fully saturated rings. The SMILES string of the molecule is O=S(=O)(Nc1cccnc1)c1cc(Cl)cc(CO)c1Cl. The molecule has 20 heavy (non-hydrogen) atoms. The van der Waals surface area contributed by atoms with Crippen LogP contribution in [0.4, 0.5) is 5.69 Å². The first-order valence-corrected chi connectivity index (χ1v) is 7.69. The summed E-state index contributed by atoms with van der Waals surface area (Å²) < 4.78 is 26.9. The molecule has 5 nitrogen and oxygen atoms in total. The summed E-state index contributed by atoms with van der Waals surface area (Å²) in [7, 11) is -3.92. The normalized spacial score (nSPS) is 11.3. The molecule has 0 aliphatic carbocycles. The van der Waals surface area contributed by atoms with E-state index in [2.05, 4.69) is 9.71 Å². The zero-order valence-corrected chi connectivity index (χ0v) is 12.4. The van der Waals surface area contributed by atoms with Crippen LogP contribution in [0.3, 0.4) is 0 Å². The average Bonchev–Trinajstić information content (AvgIpc) is 2.41. The third-order valence-corrected chi connectivity index (χ3v) is 4.64. The van der Waals surface area contributed by atoms with E-state index in [4.69, 9.17) is 28.3 Å². The molecule has 106 valence electrons. The Labute approximate surface area is 126 Å². The maximum atomic E-state index is 12.3. The summed E-state index contributed by atoms with van der Waals surface area (Å²) in [6, 6.07) is 5.78. The highest BCUT2D eigenvalue weighted by atomic mass is 35.5. The van der Waals surface area contributed by atoms with Crippen molar-refractivity contribution in [3.05, 3.63) is 52.3 Å². The van der Waals surface area contributed by atoms with Gasteiger partial charge in [-0.25, -0.2) is 8.42 Å². The number of hydrogen-bond donors (Lipinski definition) is 2. The van der Waals surface area contributed by atoms with E-state index in [1.54, 1.807) is 12.1 Å². The molecule has 0 aliphatic rings. The van der Waals surface area contributed by atoms with E-state index in [0.29, 0.717) is 5.69 Å². The van der Waals surface area contributed by atoms with Crippen molar-refractivity contribution in [3.8, 4) is 0 Å². The lowest BCUT2D eigenvalue weighted by Crippen LogP contribution is -2.14. The Bertz CT molecular complexity index is 721. The number of aliphatic hydroxyl groups excluding tert-OH is 1. The minimum atomic E-state index is -3.92. The van der Waals surface area contributed by atoms with Crippen LogP contribution in [0.2, 0.25) is 10.0 Å². The van der Waals surface area contributed by atoms with Crippen molar-refractivity contribution < 1.29 is 13.5 Å². The van der Waals surface area contributed by atoms with Crippen molar-refractivity contribution in [3.63, 3.8) is 0 Å². The Morgan fingerprint density at radius 2 is 2.05 bits per heavy atom. The first-order chi connectivity index (χ1) is 9.44. The van der Waals surface area contributed by atoms with Crippen LogP contribution >= 0.6 is 23.2 Å². The van der Waals surface area contributed by atoms with E-state index in [-0.39, 0.29) is 20.5 Å². The highest BCUT2D eigenvalue weighted by Crippen LogP contribution is 2.30. The molecule has 0 saturated heterocycles. The first kappa shape index (κ1) is 15.1. The summed E-state index contributed by atoms with van der Waals surface area (Å²) in [4.78, 5) is 3.62. The average molecular weight is 333 g/mol. The van der Waals surface area contributed by atoms with Crippen molar-refractivity contribution in [2.75, 3.05) is 4.72 Å². The van der Waals surface area contributed by atoms with Crippen molar-refractivity contribution in [1.29, 1.82) is 0 Å². The van der Waals surface area contributed by atoms with Gasteiger partial charge in [0, 0.05) is 11.2 Å². The number of nitrogens with one attached hydrogen (secondary N) is 1. The van der Waals surface area contributed by atoms with E-state index < -0.39 is 16.6 Å². The van der Waals surface area contributed by atoms with Crippen LogP contribution < -0.4 is 4.72 Å². The molecule has 2 aromatic rings. The molecule has 0 spiro atoms. The summed E-state index contributed by atoms with van der Waals surface area (Å²) in [5.41, 5.74) is 0.541. The third-order valence-electron chi connectivity index (χ3n) is 2.45. The Kier molecular flexibility index (Phi) is 4.49. The Morgan fingerprint density at radius 1 is 1.30 bits per heavy atom. The van der Waals surface area contributed by atoms with Gasteiger partial charge in [-0.2, -0.15) is 0 Å². The lowest BCUT2D eigenvalue weighted by molar-refractivity contribution is 0.281. The quantitative estimate of drug-likeness (QED) is 0.902. The van der Waals surface area contributed by atoms with Gasteiger partial charge in [-0.15, -0.1) is 0 Å². The van der Waals surface area contributed by atoms with E-state index in [0.717, 1.165) is 0 Å². The van der Waals surface area contributed by atoms with Gasteiger partial charge < -0.3 is 5.11 Å². The molecule has 1 aromatic heterocycles. The van der Waals surface area contributed by atoms with Crippen LogP contribution in [0.15, 0.2) is 41.6 Å². The number of pyridine rings is 1. The predicted octanol–water partition coefficient (Wildman–Crippen LogP) is 2.68. The maximum Gasteiger partial charge on any atom is 0.263 e. The Balaban J connectivity index is 2.47. The van der Waals surface area contributed by atoms with Crippen molar-refractivity contribution in [2.24, 2.45) is 0 Å². The molecule has 0 amide bonds. The summed E-state index contributed by atoms with van der Waals surface area (Å²) in [5.74, 6) is 0. The summed E-state index contributed by atoms with van der Waals surface area (Å²) in [6.07, 6.45) is 2.89. The Hall–Kier alpha value is -1.34. The molecule has 2 rings (SSSR count). The number of halogens is 2. The summed E-state index contributed by atoms with van der Waals surface area (Å²) in [6.45, 7) is -0.408. The number of sulfonamides is 1. The van der Waals surface area contributed by atoms with E-state index in [1.807, 2.05) is 0 Å². The van der Waals surface area contributed by atoms with Gasteiger partial charge in [0.05, 0.1) is 23.5 Å². The zero-order chi connectivity index (χ0) is 14.8. The molecule has 1 aromatic carbocycles. The minimum Gasteiger partial charge on any atom is -0.392 e. The second kappa shape index (κ2) is 5.97. The largest absolute Gasteiger partial charge is 0.392 e. The fourth-order valence-electron chi connectivity index (χ4n) is 1.56. The fraction of sp³-hybridized carbons (Fsp3) is 0.0833. The molecule has 0 saturated carbocycles. The van der Waals surface area contributed by atoms with Crippen molar-refractivity contribution >= 4 is 38.9 Å². The van der Waals surface area contributed by atoms with E-state index in [1.165, 1.54) is 24.5 Å². The lowest BCUT2D eigenvalue weighted by Gasteiger charge is -2.11. The first-order valence-electron chi connectivity index (χ1n) is 5.45. The van der Waals surface area contributed by atoms with Gasteiger partial charge in [-0.1, -0.05) is 23.2 Å². The zero-order valence-electron chi connectivity index (χ0n) is 10.0. The van der Waals surface area contributed by atoms with Gasteiger partial charge in [0.2, 0.25) is 0 Å². The second-order valence-electron chi connectivity index (χ2n) is 3.88. The van der Waals surface area contributed by atoms with Gasteiger partial charge in [-0.05, 0) is 29.8 Å². The number of aliphatic hydroxyl groups is 1. The molecule has 1 heterocycles. The van der Waals surface area contributed by atoms with Crippen molar-refractivity contribution in [2.45, 2.75) is 11.5 Å². The minimum absolute atomic E-state index is 0.0618. The van der Waals surface area contributed by atoms with Crippen molar-refractivity contribution in [1.82, 2.24) is 4.98 Å². The maximum absolute atomic E-state index is 12.3. The topological polar surface area (TPSA) is 79.3 Å². The number of aromatic nitrogens is 1. The van der Waals surface area contributed by atoms with Gasteiger partial charge in [0.1, 0.15) is 4.90 Å². The van der Waals surface area contributed by atoms with Gasteiger partial charge >= 0.3 is 0 Å². The standard InChI is InChI=1S/C12H10Cl2N2O3S/c13-9-4-8(7-17)12(14)11(5-9)20(18,19)16-10-2-1-3-15-6-10/h1-6,16-17H,7H2. The van der Waals surface area contributed by atoms with Crippen LogP contribution in [0.25, 0.3) is 0 Å². The molecule has 0 atom stereocenters.